The van der Waals surface area contributed by atoms with Crippen LogP contribution >= 0.6 is 0 Å². The summed E-state index contributed by atoms with van der Waals surface area (Å²) in [7, 11) is 1.28. The number of nitrogens with one attached hydrogen (secondary N) is 1. The summed E-state index contributed by atoms with van der Waals surface area (Å²) in [4.78, 5) is 50.2. The van der Waals surface area contributed by atoms with E-state index in [0.717, 1.165) is 5.56 Å². The van der Waals surface area contributed by atoms with E-state index in [1.54, 1.807) is 4.90 Å². The van der Waals surface area contributed by atoms with Gasteiger partial charge in [-0.15, -0.1) is 0 Å². The van der Waals surface area contributed by atoms with Crippen LogP contribution in [0.15, 0.2) is 30.3 Å². The van der Waals surface area contributed by atoms with Gasteiger partial charge in [0, 0.05) is 25.4 Å². The number of alkyl carbamates (subject to hydrolysis) is 1. The monoisotopic (exact) mass is 388 g/mol. The van der Waals surface area contributed by atoms with Crippen molar-refractivity contribution >= 4 is 23.8 Å². The number of amides is 2. The number of rotatable bonds is 5. The summed E-state index contributed by atoms with van der Waals surface area (Å²) in [6, 6.07) is 8.17. The van der Waals surface area contributed by atoms with Crippen molar-refractivity contribution in [2.75, 3.05) is 13.7 Å². The van der Waals surface area contributed by atoms with Crippen LogP contribution in [0.1, 0.15) is 31.2 Å². The Bertz CT molecular complexity index is 750. The number of ketones is 1. The van der Waals surface area contributed by atoms with Crippen LogP contribution in [0, 0.1) is 5.92 Å². The minimum atomic E-state index is -0.695. The molecule has 3 atom stereocenters. The highest BCUT2D eigenvalue weighted by atomic mass is 16.5. The van der Waals surface area contributed by atoms with E-state index >= 15 is 0 Å². The van der Waals surface area contributed by atoms with Crippen LogP contribution in [0.25, 0.3) is 0 Å². The lowest BCUT2D eigenvalue weighted by molar-refractivity contribution is -0.153. The van der Waals surface area contributed by atoms with Crippen molar-refractivity contribution in [3.8, 4) is 0 Å². The van der Waals surface area contributed by atoms with Gasteiger partial charge in [0.25, 0.3) is 0 Å². The first-order chi connectivity index (χ1) is 13.5. The third-order valence-corrected chi connectivity index (χ3v) is 5.28. The van der Waals surface area contributed by atoms with Gasteiger partial charge < -0.3 is 19.7 Å². The Balaban J connectivity index is 1.56. The minimum Gasteiger partial charge on any atom is -0.469 e. The number of esters is 1. The van der Waals surface area contributed by atoms with Gasteiger partial charge in [0.2, 0.25) is 5.91 Å². The first-order valence-corrected chi connectivity index (χ1v) is 9.37. The second-order valence-corrected chi connectivity index (χ2v) is 7.06. The van der Waals surface area contributed by atoms with Gasteiger partial charge in [-0.2, -0.15) is 0 Å². The topological polar surface area (TPSA) is 102 Å². The molecule has 2 aliphatic rings. The Morgan fingerprint density at radius 1 is 1.18 bits per heavy atom. The predicted octanol–water partition coefficient (Wildman–Crippen LogP) is 1.42. The van der Waals surface area contributed by atoms with Gasteiger partial charge in [-0.05, 0) is 18.4 Å². The van der Waals surface area contributed by atoms with E-state index < -0.39 is 24.0 Å². The van der Waals surface area contributed by atoms with Crippen LogP contribution in [0.4, 0.5) is 4.79 Å². The highest BCUT2D eigenvalue weighted by molar-refractivity contribution is 5.90. The van der Waals surface area contributed by atoms with E-state index in [2.05, 4.69) is 5.32 Å². The van der Waals surface area contributed by atoms with Crippen LogP contribution < -0.4 is 5.32 Å². The lowest BCUT2D eigenvalue weighted by atomic mass is 9.83. The van der Waals surface area contributed by atoms with Gasteiger partial charge in [0.05, 0.1) is 13.0 Å². The summed E-state index contributed by atoms with van der Waals surface area (Å²) >= 11 is 0. The number of Topliss-reactive ketones (excluding diaryl/α,β-unsaturated/α-hetero) is 1. The average Bonchev–Trinajstić information content (AvgIpc) is 3.06. The smallest absolute Gasteiger partial charge is 0.408 e. The van der Waals surface area contributed by atoms with Crippen LogP contribution in [0.3, 0.4) is 0 Å². The van der Waals surface area contributed by atoms with E-state index in [1.165, 1.54) is 7.11 Å². The number of likely N-dealkylation sites (tertiary alicyclic amines) is 1. The van der Waals surface area contributed by atoms with Gasteiger partial charge in [0.1, 0.15) is 18.4 Å². The summed E-state index contributed by atoms with van der Waals surface area (Å²) in [5.41, 5.74) is 0.852. The molecule has 8 heteroatoms. The van der Waals surface area contributed by atoms with Crippen molar-refractivity contribution in [3.05, 3.63) is 35.9 Å². The molecule has 150 valence electrons. The maximum Gasteiger partial charge on any atom is 0.408 e. The zero-order valence-corrected chi connectivity index (χ0v) is 15.8. The molecule has 3 rings (SSSR count). The summed E-state index contributed by atoms with van der Waals surface area (Å²) in [6.45, 7) is 0.529. The Hall–Kier alpha value is -2.90. The molecule has 1 saturated carbocycles. The summed E-state index contributed by atoms with van der Waals surface area (Å²) in [5, 5.41) is 2.60. The summed E-state index contributed by atoms with van der Waals surface area (Å²) in [5.74, 6) is -1.40. The normalized spacial score (nSPS) is 24.8. The van der Waals surface area contributed by atoms with Gasteiger partial charge in [-0.3, -0.25) is 14.4 Å². The Morgan fingerprint density at radius 3 is 2.64 bits per heavy atom. The second-order valence-electron chi connectivity index (χ2n) is 7.06. The zero-order valence-electron chi connectivity index (χ0n) is 15.8. The Morgan fingerprint density at radius 2 is 1.93 bits per heavy atom. The molecule has 2 fully saturated rings. The molecule has 0 aromatic heterocycles. The molecular weight excluding hydrogens is 364 g/mol. The van der Waals surface area contributed by atoms with Crippen molar-refractivity contribution in [1.29, 1.82) is 0 Å². The zero-order chi connectivity index (χ0) is 20.1. The quantitative estimate of drug-likeness (QED) is 0.766. The average molecular weight is 388 g/mol. The van der Waals surface area contributed by atoms with Crippen molar-refractivity contribution in [1.82, 2.24) is 10.2 Å². The van der Waals surface area contributed by atoms with Crippen LogP contribution in [0.5, 0.6) is 0 Å². The van der Waals surface area contributed by atoms with E-state index in [-0.39, 0.29) is 30.8 Å². The predicted molar refractivity (Wildman–Crippen MR) is 98.0 cm³/mol. The summed E-state index contributed by atoms with van der Waals surface area (Å²) < 4.78 is 9.98. The molecule has 2 amide bonds. The molecule has 1 aliphatic carbocycles. The number of ether oxygens (including phenoxy) is 2. The SMILES string of the molecule is COC(=O)[C@@H]1CC(=O)CC[C@@H]1N1CCC(NC(=O)OCc2ccccc2)C1=O. The van der Waals surface area contributed by atoms with Gasteiger partial charge in [-0.25, -0.2) is 4.79 Å². The third kappa shape index (κ3) is 4.49. The molecular formula is C20H24N2O6. The molecule has 1 aliphatic heterocycles. The molecule has 0 spiro atoms. The second kappa shape index (κ2) is 8.86. The first kappa shape index (κ1) is 19.9. The van der Waals surface area contributed by atoms with Crippen LogP contribution in [-0.4, -0.2) is 54.4 Å². The molecule has 1 heterocycles. The van der Waals surface area contributed by atoms with E-state index in [0.29, 0.717) is 25.8 Å². The molecule has 1 aromatic carbocycles. The number of benzene rings is 1. The molecule has 28 heavy (non-hydrogen) atoms. The van der Waals surface area contributed by atoms with Gasteiger partial charge in [0.15, 0.2) is 0 Å². The third-order valence-electron chi connectivity index (χ3n) is 5.28. The molecule has 1 aromatic rings. The highest BCUT2D eigenvalue weighted by Crippen LogP contribution is 2.30. The molecule has 1 unspecified atom stereocenters. The Kier molecular flexibility index (Phi) is 6.28. The van der Waals surface area contributed by atoms with E-state index in [9.17, 15) is 19.2 Å². The lowest BCUT2D eigenvalue weighted by Crippen LogP contribution is -2.50. The number of hydrogen-bond acceptors (Lipinski definition) is 6. The van der Waals surface area contributed by atoms with Crippen LogP contribution in [-0.2, 0) is 30.5 Å². The maximum atomic E-state index is 12.8. The fraction of sp³-hybridized carbons (Fsp3) is 0.500. The maximum absolute atomic E-state index is 12.8. The number of carbonyl (C=O) groups excluding carboxylic acids is 4. The highest BCUT2D eigenvalue weighted by Gasteiger charge is 2.44. The molecule has 1 N–H and O–H groups in total. The first-order valence-electron chi connectivity index (χ1n) is 9.37. The summed E-state index contributed by atoms with van der Waals surface area (Å²) in [6.07, 6.45) is 0.609. The minimum absolute atomic E-state index is 0.00235. The standard InChI is InChI=1S/C20H24N2O6/c1-27-19(25)15-11-14(23)7-8-17(15)22-10-9-16(18(22)24)21-20(26)28-12-13-5-3-2-4-6-13/h2-6,15-17H,7-12H2,1H3,(H,21,26)/t15-,16?,17+/m1/s1. The van der Waals surface area contributed by atoms with E-state index in [1.807, 2.05) is 30.3 Å². The van der Waals surface area contributed by atoms with Crippen LogP contribution in [0.2, 0.25) is 0 Å². The van der Waals surface area contributed by atoms with Crippen molar-refractivity contribution in [2.24, 2.45) is 5.92 Å². The Labute approximate surface area is 163 Å². The molecule has 8 nitrogen and oxygen atoms in total. The van der Waals surface area contributed by atoms with Crippen molar-refractivity contribution in [3.63, 3.8) is 0 Å². The fourth-order valence-electron chi connectivity index (χ4n) is 3.83. The van der Waals surface area contributed by atoms with Gasteiger partial charge >= 0.3 is 12.1 Å². The largest absolute Gasteiger partial charge is 0.469 e. The molecule has 1 saturated heterocycles. The number of carbonyl (C=O) groups is 4. The number of nitrogens with zero attached hydrogens (tertiary/aromatic N) is 1. The van der Waals surface area contributed by atoms with E-state index in [4.69, 9.17) is 9.47 Å². The molecule has 0 bridgehead atoms. The van der Waals surface area contributed by atoms with Crippen molar-refractivity contribution in [2.45, 2.75) is 44.4 Å². The number of hydrogen-bond donors (Lipinski definition) is 1. The number of methoxy groups -OCH3 is 1. The lowest BCUT2D eigenvalue weighted by Gasteiger charge is -2.35. The van der Waals surface area contributed by atoms with Crippen molar-refractivity contribution < 1.29 is 28.7 Å². The molecule has 0 radical (unpaired) electrons. The fourth-order valence-corrected chi connectivity index (χ4v) is 3.83. The van der Waals surface area contributed by atoms with Gasteiger partial charge in [-0.1, -0.05) is 30.3 Å².